The van der Waals surface area contributed by atoms with E-state index in [1.54, 1.807) is 21.8 Å². The predicted molar refractivity (Wildman–Crippen MR) is 160 cm³/mol. The molecule has 0 radical (unpaired) electrons. The number of likely N-dealkylation sites (N-methyl/N-ethyl adjacent to an activating group) is 1. The van der Waals surface area contributed by atoms with Gasteiger partial charge in [-0.25, -0.2) is 9.18 Å². The summed E-state index contributed by atoms with van der Waals surface area (Å²) in [6, 6.07) is 3.20. The number of aliphatic hydroxyl groups excluding tert-OH is 1. The highest BCUT2D eigenvalue weighted by Gasteiger charge is 2.29. The second-order valence-electron chi connectivity index (χ2n) is 12.7. The zero-order valence-corrected chi connectivity index (χ0v) is 25.6. The number of aromatic nitrogens is 3. The van der Waals surface area contributed by atoms with E-state index in [9.17, 15) is 14.7 Å². The number of nitrogens with zero attached hydrogens (tertiary/aromatic N) is 5. The molecule has 2 aromatic rings. The van der Waals surface area contributed by atoms with Gasteiger partial charge in [-0.05, 0) is 80.8 Å². The summed E-state index contributed by atoms with van der Waals surface area (Å²) in [5.74, 6) is -0.746. The van der Waals surface area contributed by atoms with Crippen molar-refractivity contribution in [3.8, 4) is 0 Å². The van der Waals surface area contributed by atoms with Crippen molar-refractivity contribution in [1.82, 2.24) is 24.8 Å². The van der Waals surface area contributed by atoms with E-state index in [0.717, 1.165) is 25.9 Å². The fraction of sp³-hybridized carbons (Fsp3) is 0.625. The molecule has 43 heavy (non-hydrogen) atoms. The quantitative estimate of drug-likeness (QED) is 0.399. The van der Waals surface area contributed by atoms with Crippen LogP contribution in [0.2, 0.25) is 0 Å². The molecule has 5 rings (SSSR count). The average Bonchev–Trinajstić information content (AvgIpc) is 3.68. The molecular weight excluding hydrogens is 553 g/mol. The maximum Gasteiger partial charge on any atom is 0.410 e. The molecular formula is C32H44FN5O5. The monoisotopic (exact) mass is 597 g/mol. The normalized spacial score (nSPS) is 29.1. The van der Waals surface area contributed by atoms with Crippen molar-refractivity contribution < 1.29 is 28.6 Å². The number of cyclic esters (lactones) is 1. The van der Waals surface area contributed by atoms with E-state index in [0.29, 0.717) is 55.0 Å². The number of halogens is 1. The molecule has 5 atom stereocenters. The van der Waals surface area contributed by atoms with Gasteiger partial charge < -0.3 is 24.4 Å². The van der Waals surface area contributed by atoms with Crippen LogP contribution in [0.4, 0.5) is 9.18 Å². The minimum Gasteiger partial charge on any atom is -0.457 e. The van der Waals surface area contributed by atoms with Gasteiger partial charge in [-0.2, -0.15) is 15.0 Å². The standard InChI is InChI=1S/C32H44FN5O5/c1-20-5-9-25(39)18-29(40)43-31(21(2)6-10-28(20)42-32(41)37-13-11-36(4)12-14-37)22(3)15-24-16-26(33)30-27(17-24)34-38(35-30)19-23-7-8-23/h6,10,15-17,20-21,23,25,28,31,39H,5,7-9,11-14,18-19H2,1-4H3/b10-6-,22-15+/t20-,21-,25+,28-,31-/m0/s1. The largest absolute Gasteiger partial charge is 0.457 e. The van der Waals surface area contributed by atoms with Gasteiger partial charge in [0.2, 0.25) is 0 Å². The molecule has 2 fully saturated rings. The highest BCUT2D eigenvalue weighted by atomic mass is 19.1. The van der Waals surface area contributed by atoms with Gasteiger partial charge >= 0.3 is 12.1 Å². The Morgan fingerprint density at radius 1 is 1.12 bits per heavy atom. The molecule has 11 heteroatoms. The number of aliphatic hydroxyl groups is 1. The van der Waals surface area contributed by atoms with E-state index in [1.807, 2.05) is 40.0 Å². The Labute approximate surface area is 252 Å². The van der Waals surface area contributed by atoms with E-state index in [1.165, 1.54) is 6.07 Å². The molecule has 1 N–H and O–H groups in total. The summed E-state index contributed by atoms with van der Waals surface area (Å²) in [6.45, 7) is 9.25. The first-order valence-corrected chi connectivity index (χ1v) is 15.5. The summed E-state index contributed by atoms with van der Waals surface area (Å²) < 4.78 is 26.9. The number of hydrogen-bond acceptors (Lipinski definition) is 8. The topological polar surface area (TPSA) is 110 Å². The Kier molecular flexibility index (Phi) is 9.81. The number of fused-ring (bicyclic) bond motifs is 1. The Morgan fingerprint density at radius 3 is 2.58 bits per heavy atom. The van der Waals surface area contributed by atoms with Crippen LogP contribution >= 0.6 is 0 Å². The van der Waals surface area contributed by atoms with Crippen LogP contribution in [0.3, 0.4) is 0 Å². The molecule has 0 spiro atoms. The van der Waals surface area contributed by atoms with E-state index < -0.39 is 30.1 Å². The maximum atomic E-state index is 15.0. The summed E-state index contributed by atoms with van der Waals surface area (Å²) in [7, 11) is 2.03. The SMILES string of the molecule is C/C(=C\c1cc(F)c2nn(CC3CC3)nc2c1)[C@H]1OC(=O)C[C@H](O)CC[C@H](C)[C@@H](OC(=O)N2CCN(C)CC2)/C=C\[C@@H]1C. The van der Waals surface area contributed by atoms with E-state index in [4.69, 9.17) is 9.47 Å². The second kappa shape index (κ2) is 13.5. The van der Waals surface area contributed by atoms with Crippen molar-refractivity contribution >= 4 is 29.2 Å². The van der Waals surface area contributed by atoms with Crippen LogP contribution < -0.4 is 0 Å². The van der Waals surface area contributed by atoms with E-state index in [-0.39, 0.29) is 29.9 Å². The third-order valence-electron chi connectivity index (χ3n) is 8.72. The van der Waals surface area contributed by atoms with Crippen LogP contribution in [0.25, 0.3) is 17.1 Å². The van der Waals surface area contributed by atoms with Crippen molar-refractivity contribution in [2.75, 3.05) is 33.2 Å². The van der Waals surface area contributed by atoms with Crippen molar-refractivity contribution in [3.05, 3.63) is 41.2 Å². The summed E-state index contributed by atoms with van der Waals surface area (Å²) in [5.41, 5.74) is 2.02. The summed E-state index contributed by atoms with van der Waals surface area (Å²) in [6.07, 6.45) is 6.30. The van der Waals surface area contributed by atoms with Crippen LogP contribution in [0.1, 0.15) is 58.4 Å². The third-order valence-corrected chi connectivity index (χ3v) is 8.72. The molecule has 1 aliphatic carbocycles. The Hall–Kier alpha value is -3.31. The first-order valence-electron chi connectivity index (χ1n) is 15.5. The molecule has 234 valence electrons. The zero-order chi connectivity index (χ0) is 30.7. The smallest absolute Gasteiger partial charge is 0.410 e. The number of piperazine rings is 1. The molecule has 1 saturated carbocycles. The van der Waals surface area contributed by atoms with Crippen molar-refractivity contribution in [2.45, 2.75) is 77.7 Å². The molecule has 1 amide bonds. The number of carbonyl (C=O) groups excluding carboxylic acids is 2. The van der Waals surface area contributed by atoms with Crippen LogP contribution in [0.5, 0.6) is 0 Å². The zero-order valence-electron chi connectivity index (χ0n) is 25.6. The van der Waals surface area contributed by atoms with Crippen LogP contribution in [0, 0.1) is 23.6 Å². The number of rotatable bonds is 5. The van der Waals surface area contributed by atoms with E-state index >= 15 is 4.39 Å². The second-order valence-corrected chi connectivity index (χ2v) is 12.7. The molecule has 10 nitrogen and oxygen atoms in total. The molecule has 2 aliphatic heterocycles. The van der Waals surface area contributed by atoms with Crippen LogP contribution in [0.15, 0.2) is 29.9 Å². The molecule has 0 bridgehead atoms. The molecule has 1 saturated heterocycles. The summed E-state index contributed by atoms with van der Waals surface area (Å²) >= 11 is 0. The molecule has 1 aromatic carbocycles. The van der Waals surface area contributed by atoms with Crippen LogP contribution in [-0.4, -0.2) is 93.5 Å². The number of benzene rings is 1. The first-order chi connectivity index (χ1) is 20.5. The lowest BCUT2D eigenvalue weighted by Crippen LogP contribution is -2.48. The Morgan fingerprint density at radius 2 is 1.86 bits per heavy atom. The fourth-order valence-corrected chi connectivity index (χ4v) is 5.71. The highest BCUT2D eigenvalue weighted by Crippen LogP contribution is 2.31. The highest BCUT2D eigenvalue weighted by molar-refractivity contribution is 5.78. The predicted octanol–water partition coefficient (Wildman–Crippen LogP) is 4.42. The van der Waals surface area contributed by atoms with Gasteiger partial charge in [0.1, 0.15) is 23.2 Å². The van der Waals surface area contributed by atoms with Gasteiger partial charge in [-0.3, -0.25) is 4.79 Å². The first kappa shape index (κ1) is 31.1. The van der Waals surface area contributed by atoms with Crippen molar-refractivity contribution in [2.24, 2.45) is 17.8 Å². The number of carbonyl (C=O) groups is 2. The van der Waals surface area contributed by atoms with Gasteiger partial charge in [0, 0.05) is 32.1 Å². The van der Waals surface area contributed by atoms with Gasteiger partial charge in [0.25, 0.3) is 0 Å². The minimum absolute atomic E-state index is 0.0666. The maximum absolute atomic E-state index is 15.0. The fourth-order valence-electron chi connectivity index (χ4n) is 5.71. The summed E-state index contributed by atoms with van der Waals surface area (Å²) in [4.78, 5) is 31.3. The number of amides is 1. The number of ether oxygens (including phenoxy) is 2. The number of hydrogen-bond donors (Lipinski definition) is 1. The molecule has 3 aliphatic rings. The lowest BCUT2D eigenvalue weighted by molar-refractivity contribution is -0.151. The average molecular weight is 598 g/mol. The van der Waals surface area contributed by atoms with Crippen molar-refractivity contribution in [1.29, 1.82) is 0 Å². The van der Waals surface area contributed by atoms with Crippen molar-refractivity contribution in [3.63, 3.8) is 0 Å². The van der Waals surface area contributed by atoms with Gasteiger partial charge in [-0.1, -0.05) is 26.0 Å². The minimum atomic E-state index is -0.873. The number of esters is 1. The Bertz CT molecular complexity index is 1360. The van der Waals surface area contributed by atoms with Gasteiger partial charge in [0.15, 0.2) is 5.82 Å². The lowest BCUT2D eigenvalue weighted by Gasteiger charge is -2.33. The third kappa shape index (κ3) is 8.20. The molecule has 1 aromatic heterocycles. The molecule has 3 heterocycles. The van der Waals surface area contributed by atoms with Crippen LogP contribution in [-0.2, 0) is 20.8 Å². The van der Waals surface area contributed by atoms with E-state index in [2.05, 4.69) is 15.1 Å². The lowest BCUT2D eigenvalue weighted by atomic mass is 9.91. The summed E-state index contributed by atoms with van der Waals surface area (Å²) in [5, 5.41) is 19.4. The van der Waals surface area contributed by atoms with Gasteiger partial charge in [0.05, 0.1) is 19.1 Å². The Balaban J connectivity index is 1.37. The van der Waals surface area contributed by atoms with Gasteiger partial charge in [-0.15, -0.1) is 0 Å². The molecule has 0 unspecified atom stereocenters.